The molecule has 0 radical (unpaired) electrons. The van der Waals surface area contributed by atoms with E-state index in [0.717, 1.165) is 63.5 Å². The summed E-state index contributed by atoms with van der Waals surface area (Å²) < 4.78 is 15.2. The lowest BCUT2D eigenvalue weighted by molar-refractivity contribution is -0.130. The molecule has 5 rings (SSSR count). The van der Waals surface area contributed by atoms with Crippen molar-refractivity contribution in [3.63, 3.8) is 0 Å². The minimum Gasteiger partial charge on any atom is -0.339 e. The van der Waals surface area contributed by atoms with Crippen LogP contribution in [0, 0.1) is 5.82 Å². The fraction of sp³-hybridized carbons (Fsp3) is 0.261. The Morgan fingerprint density at radius 2 is 1.81 bits per heavy atom. The highest BCUT2D eigenvalue weighted by Crippen LogP contribution is 2.29. The summed E-state index contributed by atoms with van der Waals surface area (Å²) in [5, 5.41) is 3.05. The molecular weight excluding hydrogens is 463 g/mol. The molecule has 1 fully saturated rings. The molecule has 0 atom stereocenters. The van der Waals surface area contributed by atoms with E-state index in [0.29, 0.717) is 5.75 Å². The van der Waals surface area contributed by atoms with Crippen LogP contribution in [-0.4, -0.2) is 57.6 Å². The molecule has 164 valence electrons. The van der Waals surface area contributed by atoms with Crippen molar-refractivity contribution >= 4 is 50.6 Å². The Morgan fingerprint density at radius 3 is 2.59 bits per heavy atom. The van der Waals surface area contributed by atoms with Gasteiger partial charge in [-0.05, 0) is 36.4 Å². The molecule has 9 heteroatoms. The second kappa shape index (κ2) is 9.66. The first-order valence-corrected chi connectivity index (χ1v) is 13.0. The number of hydrogen-bond acceptors (Lipinski definition) is 7. The maximum atomic E-state index is 13.1. The maximum absolute atomic E-state index is 13.1. The lowest BCUT2D eigenvalue weighted by Gasteiger charge is -2.34. The largest absolute Gasteiger partial charge is 0.339 e. The molecule has 1 saturated heterocycles. The van der Waals surface area contributed by atoms with Crippen LogP contribution in [0.3, 0.4) is 0 Å². The lowest BCUT2D eigenvalue weighted by Crippen LogP contribution is -2.48. The SMILES string of the molecule is O=C(CSc1nc2ccccc2s1)N1CCN(Cc2nc(-c3ccc(F)cc3)cs2)CC1. The predicted octanol–water partition coefficient (Wildman–Crippen LogP) is 5.00. The van der Waals surface area contributed by atoms with Gasteiger partial charge in [0, 0.05) is 37.1 Å². The molecule has 1 aliphatic rings. The molecule has 0 unspecified atom stereocenters. The van der Waals surface area contributed by atoms with E-state index in [1.165, 1.54) is 23.9 Å². The molecule has 0 N–H and O–H groups in total. The fourth-order valence-corrected chi connectivity index (χ4v) is 6.43. The lowest BCUT2D eigenvalue weighted by atomic mass is 10.2. The average molecular weight is 485 g/mol. The number of benzene rings is 2. The van der Waals surface area contributed by atoms with Crippen molar-refractivity contribution < 1.29 is 9.18 Å². The van der Waals surface area contributed by atoms with Crippen molar-refractivity contribution in [2.45, 2.75) is 10.9 Å². The quantitative estimate of drug-likeness (QED) is 0.361. The van der Waals surface area contributed by atoms with E-state index in [1.54, 1.807) is 34.8 Å². The van der Waals surface area contributed by atoms with Crippen molar-refractivity contribution in [1.82, 2.24) is 19.8 Å². The van der Waals surface area contributed by atoms with Crippen LogP contribution >= 0.6 is 34.4 Å². The minimum atomic E-state index is -0.241. The molecule has 0 spiro atoms. The first-order chi connectivity index (χ1) is 15.6. The Labute approximate surface area is 197 Å². The Hall–Kier alpha value is -2.33. The molecule has 0 saturated carbocycles. The number of amides is 1. The minimum absolute atomic E-state index is 0.168. The number of rotatable bonds is 6. The van der Waals surface area contributed by atoms with Gasteiger partial charge in [0.25, 0.3) is 0 Å². The Bertz CT molecular complexity index is 1180. The van der Waals surface area contributed by atoms with Gasteiger partial charge in [-0.25, -0.2) is 14.4 Å². The maximum Gasteiger partial charge on any atom is 0.233 e. The number of para-hydroxylation sites is 1. The van der Waals surface area contributed by atoms with Gasteiger partial charge in [0.05, 0.1) is 28.2 Å². The first kappa shape index (κ1) is 21.5. The van der Waals surface area contributed by atoms with Crippen LogP contribution in [0.15, 0.2) is 58.3 Å². The van der Waals surface area contributed by atoms with E-state index < -0.39 is 0 Å². The smallest absolute Gasteiger partial charge is 0.233 e. The van der Waals surface area contributed by atoms with E-state index in [9.17, 15) is 9.18 Å². The summed E-state index contributed by atoms with van der Waals surface area (Å²) in [6.07, 6.45) is 0. The molecule has 5 nitrogen and oxygen atoms in total. The van der Waals surface area contributed by atoms with Gasteiger partial charge in [-0.1, -0.05) is 23.9 Å². The van der Waals surface area contributed by atoms with Crippen molar-refractivity contribution in [1.29, 1.82) is 0 Å². The summed E-state index contributed by atoms with van der Waals surface area (Å²) in [6.45, 7) is 3.91. The van der Waals surface area contributed by atoms with Gasteiger partial charge < -0.3 is 4.90 Å². The van der Waals surface area contributed by atoms with Gasteiger partial charge >= 0.3 is 0 Å². The Balaban J connectivity index is 1.10. The summed E-state index contributed by atoms with van der Waals surface area (Å²) in [5.74, 6) is 0.352. The highest BCUT2D eigenvalue weighted by atomic mass is 32.2. The summed E-state index contributed by atoms with van der Waals surface area (Å²) in [7, 11) is 0. The van der Waals surface area contributed by atoms with E-state index in [1.807, 2.05) is 28.5 Å². The molecule has 0 aliphatic carbocycles. The standard InChI is InChI=1S/C23H21FN4OS3/c24-17-7-5-16(6-8-17)19-14-30-21(25-19)13-27-9-11-28(12-10-27)22(29)15-31-23-26-18-3-1-2-4-20(18)32-23/h1-8,14H,9-13,15H2. The Kier molecular flexibility index (Phi) is 6.49. The third-order valence-electron chi connectivity index (χ3n) is 5.37. The number of nitrogens with zero attached hydrogens (tertiary/aromatic N) is 4. The molecule has 2 aromatic carbocycles. The van der Waals surface area contributed by atoms with E-state index >= 15 is 0 Å². The van der Waals surface area contributed by atoms with Crippen molar-refractivity contribution in [3.05, 3.63) is 64.7 Å². The van der Waals surface area contributed by atoms with Gasteiger partial charge in [-0.15, -0.1) is 22.7 Å². The average Bonchev–Trinajstić information content (AvgIpc) is 3.45. The van der Waals surface area contributed by atoms with Crippen LogP contribution < -0.4 is 0 Å². The Morgan fingerprint density at radius 1 is 1.03 bits per heavy atom. The summed E-state index contributed by atoms with van der Waals surface area (Å²) in [5.41, 5.74) is 2.80. The molecular formula is C23H21FN4OS3. The molecule has 1 amide bonds. The third kappa shape index (κ3) is 5.01. The van der Waals surface area contributed by atoms with Crippen molar-refractivity contribution in [2.24, 2.45) is 0 Å². The fourth-order valence-electron chi connectivity index (χ4n) is 3.61. The summed E-state index contributed by atoms with van der Waals surface area (Å²) >= 11 is 4.78. The zero-order valence-corrected chi connectivity index (χ0v) is 19.7. The van der Waals surface area contributed by atoms with Gasteiger partial charge in [0.2, 0.25) is 5.91 Å². The van der Waals surface area contributed by atoms with E-state index in [-0.39, 0.29) is 11.7 Å². The van der Waals surface area contributed by atoms with Crippen LogP contribution in [-0.2, 0) is 11.3 Å². The zero-order valence-electron chi connectivity index (χ0n) is 17.2. The van der Waals surface area contributed by atoms with E-state index in [2.05, 4.69) is 16.0 Å². The molecule has 4 aromatic rings. The number of aromatic nitrogens is 2. The second-order valence-corrected chi connectivity index (χ2v) is 10.7. The zero-order chi connectivity index (χ0) is 21.9. The number of fused-ring (bicyclic) bond motifs is 1. The molecule has 0 bridgehead atoms. The first-order valence-electron chi connectivity index (χ1n) is 10.3. The highest BCUT2D eigenvalue weighted by molar-refractivity contribution is 8.01. The number of piperazine rings is 1. The van der Waals surface area contributed by atoms with Gasteiger partial charge in [0.1, 0.15) is 10.8 Å². The molecule has 32 heavy (non-hydrogen) atoms. The monoisotopic (exact) mass is 484 g/mol. The normalized spacial score (nSPS) is 14.8. The van der Waals surface area contributed by atoms with Crippen LogP contribution in [0.25, 0.3) is 21.5 Å². The predicted molar refractivity (Wildman–Crippen MR) is 130 cm³/mol. The van der Waals surface area contributed by atoms with Crippen LogP contribution in [0.1, 0.15) is 5.01 Å². The summed E-state index contributed by atoms with van der Waals surface area (Å²) in [4.78, 5) is 26.2. The molecule has 1 aliphatic heterocycles. The van der Waals surface area contributed by atoms with Crippen LogP contribution in [0.4, 0.5) is 4.39 Å². The van der Waals surface area contributed by atoms with Crippen molar-refractivity contribution in [3.8, 4) is 11.3 Å². The number of hydrogen-bond donors (Lipinski definition) is 0. The van der Waals surface area contributed by atoms with E-state index in [4.69, 9.17) is 4.98 Å². The van der Waals surface area contributed by atoms with Crippen LogP contribution in [0.5, 0.6) is 0 Å². The number of carbonyl (C=O) groups is 1. The third-order valence-corrected chi connectivity index (χ3v) is 8.37. The van der Waals surface area contributed by atoms with Gasteiger partial charge in [-0.2, -0.15) is 0 Å². The van der Waals surface area contributed by atoms with Gasteiger partial charge in [0.15, 0.2) is 4.34 Å². The number of thioether (sulfide) groups is 1. The topological polar surface area (TPSA) is 49.3 Å². The highest BCUT2D eigenvalue weighted by Gasteiger charge is 2.22. The second-order valence-electron chi connectivity index (χ2n) is 7.53. The van der Waals surface area contributed by atoms with Gasteiger partial charge in [-0.3, -0.25) is 9.69 Å². The number of thiazole rings is 2. The number of carbonyl (C=O) groups excluding carboxylic acids is 1. The van der Waals surface area contributed by atoms with Crippen molar-refractivity contribution in [2.75, 3.05) is 31.9 Å². The summed E-state index contributed by atoms with van der Waals surface area (Å²) in [6, 6.07) is 14.5. The molecule has 2 aromatic heterocycles. The van der Waals surface area contributed by atoms with Crippen LogP contribution in [0.2, 0.25) is 0 Å². The molecule has 3 heterocycles. The number of halogens is 1.